The van der Waals surface area contributed by atoms with Gasteiger partial charge in [-0.2, -0.15) is 0 Å². The Labute approximate surface area is 92.1 Å². The molecule has 1 aromatic carbocycles. The van der Waals surface area contributed by atoms with E-state index in [0.717, 1.165) is 12.0 Å². The average Bonchev–Trinajstić information content (AvgIpc) is 3.11. The number of piperidine rings is 1. The molecule has 1 aromatic rings. The first-order valence-electron chi connectivity index (χ1n) is 6.24. The van der Waals surface area contributed by atoms with E-state index in [2.05, 4.69) is 35.2 Å². The molecule has 1 nitrogen and oxygen atoms in total. The van der Waals surface area contributed by atoms with E-state index in [1.54, 1.807) is 5.56 Å². The first kappa shape index (κ1) is 9.41. The van der Waals surface area contributed by atoms with E-state index in [9.17, 15) is 0 Å². The zero-order chi connectivity index (χ0) is 10.1. The quantitative estimate of drug-likeness (QED) is 0.711. The summed E-state index contributed by atoms with van der Waals surface area (Å²) in [5.74, 6) is 0.837. The van der Waals surface area contributed by atoms with Gasteiger partial charge in [0.15, 0.2) is 0 Å². The van der Waals surface area contributed by atoms with E-state index in [4.69, 9.17) is 0 Å². The largest absolute Gasteiger partial charge is 0.300 e. The van der Waals surface area contributed by atoms with E-state index in [-0.39, 0.29) is 0 Å². The molecule has 2 aliphatic rings. The Morgan fingerprint density at radius 1 is 0.933 bits per heavy atom. The minimum Gasteiger partial charge on any atom is -0.300 e. The molecule has 0 amide bonds. The molecule has 3 rings (SSSR count). The lowest BCUT2D eigenvalue weighted by Gasteiger charge is -2.26. The molecular formula is C14H19N. The Morgan fingerprint density at radius 3 is 2.40 bits per heavy atom. The van der Waals surface area contributed by atoms with Gasteiger partial charge >= 0.3 is 0 Å². The van der Waals surface area contributed by atoms with Crippen molar-refractivity contribution in [1.29, 1.82) is 0 Å². The predicted octanol–water partition coefficient (Wildman–Crippen LogP) is 3.03. The van der Waals surface area contributed by atoms with Crippen molar-refractivity contribution in [2.75, 3.05) is 13.1 Å². The summed E-state index contributed by atoms with van der Waals surface area (Å²) in [6.45, 7) is 2.68. The van der Waals surface area contributed by atoms with Gasteiger partial charge in [-0.05, 0) is 37.9 Å². The SMILES string of the molecule is c1ccc([C@H]2C[C@@H]2N2CCCCC2)cc1. The maximum absolute atomic E-state index is 2.71. The smallest absolute Gasteiger partial charge is 0.0171 e. The average molecular weight is 201 g/mol. The maximum atomic E-state index is 2.71. The molecule has 0 spiro atoms. The first-order valence-corrected chi connectivity index (χ1v) is 6.24. The summed E-state index contributed by atoms with van der Waals surface area (Å²) in [5, 5.41) is 0. The molecule has 1 aliphatic heterocycles. The fraction of sp³-hybridized carbons (Fsp3) is 0.571. The van der Waals surface area contributed by atoms with Crippen molar-refractivity contribution in [3.8, 4) is 0 Å². The molecule has 80 valence electrons. The van der Waals surface area contributed by atoms with E-state index in [1.165, 1.54) is 38.8 Å². The van der Waals surface area contributed by atoms with Crippen LogP contribution in [-0.2, 0) is 0 Å². The van der Waals surface area contributed by atoms with Crippen LogP contribution in [0.15, 0.2) is 30.3 Å². The van der Waals surface area contributed by atoms with Crippen molar-refractivity contribution < 1.29 is 0 Å². The van der Waals surface area contributed by atoms with Crippen LogP contribution in [0.4, 0.5) is 0 Å². The Balaban J connectivity index is 1.64. The lowest BCUT2D eigenvalue weighted by atomic mass is 10.1. The lowest BCUT2D eigenvalue weighted by Crippen LogP contribution is -2.32. The number of nitrogens with zero attached hydrogens (tertiary/aromatic N) is 1. The molecule has 2 atom stereocenters. The summed E-state index contributed by atoms with van der Waals surface area (Å²) >= 11 is 0. The molecule has 0 radical (unpaired) electrons. The summed E-state index contributed by atoms with van der Waals surface area (Å²) in [7, 11) is 0. The van der Waals surface area contributed by atoms with E-state index in [1.807, 2.05) is 0 Å². The van der Waals surface area contributed by atoms with E-state index < -0.39 is 0 Å². The van der Waals surface area contributed by atoms with Gasteiger partial charge in [0.25, 0.3) is 0 Å². The van der Waals surface area contributed by atoms with Crippen molar-refractivity contribution >= 4 is 0 Å². The number of likely N-dealkylation sites (tertiary alicyclic amines) is 1. The van der Waals surface area contributed by atoms with Crippen LogP contribution in [0.3, 0.4) is 0 Å². The van der Waals surface area contributed by atoms with Gasteiger partial charge in [-0.3, -0.25) is 4.90 Å². The number of hydrogen-bond donors (Lipinski definition) is 0. The van der Waals surface area contributed by atoms with Crippen molar-refractivity contribution in [2.24, 2.45) is 0 Å². The Morgan fingerprint density at radius 2 is 1.67 bits per heavy atom. The summed E-state index contributed by atoms with van der Waals surface area (Å²) in [4.78, 5) is 2.71. The van der Waals surface area contributed by atoms with Gasteiger partial charge in [0.1, 0.15) is 0 Å². The minimum atomic E-state index is 0.837. The highest BCUT2D eigenvalue weighted by Crippen LogP contribution is 2.45. The van der Waals surface area contributed by atoms with Crippen molar-refractivity contribution in [1.82, 2.24) is 4.90 Å². The summed E-state index contributed by atoms with van der Waals surface area (Å²) in [6.07, 6.45) is 5.67. The molecule has 1 heterocycles. The van der Waals surface area contributed by atoms with Gasteiger partial charge in [0.05, 0.1) is 0 Å². The Kier molecular flexibility index (Phi) is 2.49. The normalized spacial score (nSPS) is 31.5. The van der Waals surface area contributed by atoms with Gasteiger partial charge in [0, 0.05) is 12.0 Å². The molecule has 1 aliphatic carbocycles. The highest BCUT2D eigenvalue weighted by Gasteiger charge is 2.42. The fourth-order valence-corrected chi connectivity index (χ4v) is 2.89. The van der Waals surface area contributed by atoms with Crippen LogP contribution in [0.2, 0.25) is 0 Å². The molecule has 1 saturated heterocycles. The monoisotopic (exact) mass is 201 g/mol. The number of benzene rings is 1. The zero-order valence-electron chi connectivity index (χ0n) is 9.23. The molecule has 2 fully saturated rings. The third-order valence-electron chi connectivity index (χ3n) is 3.84. The topological polar surface area (TPSA) is 3.24 Å². The number of rotatable bonds is 2. The van der Waals surface area contributed by atoms with Gasteiger partial charge in [-0.15, -0.1) is 0 Å². The highest BCUT2D eigenvalue weighted by atomic mass is 15.2. The van der Waals surface area contributed by atoms with Gasteiger partial charge in [0.2, 0.25) is 0 Å². The summed E-state index contributed by atoms with van der Waals surface area (Å²) in [5.41, 5.74) is 1.55. The van der Waals surface area contributed by atoms with Gasteiger partial charge in [-0.25, -0.2) is 0 Å². The fourth-order valence-electron chi connectivity index (χ4n) is 2.89. The first-order chi connectivity index (χ1) is 7.45. The van der Waals surface area contributed by atoms with Crippen molar-refractivity contribution in [3.63, 3.8) is 0 Å². The second kappa shape index (κ2) is 3.97. The van der Waals surface area contributed by atoms with Crippen LogP contribution in [0, 0.1) is 0 Å². The van der Waals surface area contributed by atoms with Crippen LogP contribution in [0.5, 0.6) is 0 Å². The van der Waals surface area contributed by atoms with Crippen LogP contribution < -0.4 is 0 Å². The van der Waals surface area contributed by atoms with Crippen LogP contribution in [0.1, 0.15) is 37.2 Å². The molecule has 15 heavy (non-hydrogen) atoms. The lowest BCUT2D eigenvalue weighted by molar-refractivity contribution is 0.216. The Hall–Kier alpha value is -0.820. The molecule has 1 saturated carbocycles. The zero-order valence-corrected chi connectivity index (χ0v) is 9.23. The molecule has 1 heteroatoms. The van der Waals surface area contributed by atoms with Crippen LogP contribution in [-0.4, -0.2) is 24.0 Å². The minimum absolute atomic E-state index is 0.837. The summed E-state index contributed by atoms with van der Waals surface area (Å²) in [6, 6.07) is 11.9. The predicted molar refractivity (Wildman–Crippen MR) is 63.0 cm³/mol. The maximum Gasteiger partial charge on any atom is 0.0171 e. The summed E-state index contributed by atoms with van der Waals surface area (Å²) < 4.78 is 0. The van der Waals surface area contributed by atoms with Crippen molar-refractivity contribution in [3.05, 3.63) is 35.9 Å². The van der Waals surface area contributed by atoms with E-state index >= 15 is 0 Å². The van der Waals surface area contributed by atoms with Gasteiger partial charge < -0.3 is 0 Å². The molecular weight excluding hydrogens is 182 g/mol. The third kappa shape index (κ3) is 1.93. The van der Waals surface area contributed by atoms with Crippen molar-refractivity contribution in [2.45, 2.75) is 37.6 Å². The molecule has 0 unspecified atom stereocenters. The highest BCUT2D eigenvalue weighted by molar-refractivity contribution is 5.27. The third-order valence-corrected chi connectivity index (χ3v) is 3.84. The molecule has 0 bridgehead atoms. The van der Waals surface area contributed by atoms with Gasteiger partial charge in [-0.1, -0.05) is 36.8 Å². The van der Waals surface area contributed by atoms with Crippen LogP contribution in [0.25, 0.3) is 0 Å². The molecule has 0 N–H and O–H groups in total. The molecule has 0 aromatic heterocycles. The van der Waals surface area contributed by atoms with Crippen LogP contribution >= 0.6 is 0 Å². The second-order valence-corrected chi connectivity index (χ2v) is 4.92. The van der Waals surface area contributed by atoms with E-state index in [0.29, 0.717) is 0 Å². The standard InChI is InChI=1S/C14H19N/c1-3-7-12(8-4-1)13-11-14(13)15-9-5-2-6-10-15/h1,3-4,7-8,13-14H,2,5-6,9-11H2/t13-,14+/m1/s1. The number of hydrogen-bond acceptors (Lipinski definition) is 1. The Bertz CT molecular complexity index is 313. The second-order valence-electron chi connectivity index (χ2n) is 4.92.